The number of rotatable bonds is 5. The summed E-state index contributed by atoms with van der Waals surface area (Å²) in [6.07, 6.45) is 7.91. The quantitative estimate of drug-likeness (QED) is 0.688. The third kappa shape index (κ3) is 2.82. The molecular formula is C12H22O2. The van der Waals surface area contributed by atoms with Gasteiger partial charge in [-0.05, 0) is 32.1 Å². The summed E-state index contributed by atoms with van der Waals surface area (Å²) < 4.78 is 5.79. The van der Waals surface area contributed by atoms with Crippen LogP contribution in [-0.4, -0.2) is 23.9 Å². The Labute approximate surface area is 87.0 Å². The van der Waals surface area contributed by atoms with E-state index in [-0.39, 0.29) is 12.2 Å². The van der Waals surface area contributed by atoms with Crippen LogP contribution >= 0.6 is 0 Å². The second-order valence-corrected chi connectivity index (χ2v) is 4.35. The van der Waals surface area contributed by atoms with Gasteiger partial charge in [0.2, 0.25) is 0 Å². The van der Waals surface area contributed by atoms with Gasteiger partial charge in [0.15, 0.2) is 0 Å². The summed E-state index contributed by atoms with van der Waals surface area (Å²) in [5.41, 5.74) is -0.0326. The lowest BCUT2D eigenvalue weighted by atomic mass is 9.75. The second kappa shape index (κ2) is 5.52. The first-order chi connectivity index (χ1) is 6.73. The second-order valence-electron chi connectivity index (χ2n) is 4.35. The van der Waals surface area contributed by atoms with Crippen LogP contribution in [0.2, 0.25) is 0 Å². The van der Waals surface area contributed by atoms with Gasteiger partial charge in [-0.25, -0.2) is 0 Å². The molecule has 1 N–H and O–H groups in total. The molecule has 0 amide bonds. The van der Waals surface area contributed by atoms with Gasteiger partial charge >= 0.3 is 0 Å². The minimum Gasteiger partial charge on any atom is -0.394 e. The topological polar surface area (TPSA) is 29.5 Å². The molecule has 1 aliphatic carbocycles. The van der Waals surface area contributed by atoms with Crippen molar-refractivity contribution >= 4 is 0 Å². The fourth-order valence-corrected chi connectivity index (χ4v) is 2.41. The van der Waals surface area contributed by atoms with Crippen molar-refractivity contribution in [2.24, 2.45) is 5.92 Å². The molecule has 0 spiro atoms. The Morgan fingerprint density at radius 3 is 3.00 bits per heavy atom. The van der Waals surface area contributed by atoms with E-state index in [1.807, 2.05) is 6.08 Å². The zero-order valence-corrected chi connectivity index (χ0v) is 9.17. The van der Waals surface area contributed by atoms with E-state index >= 15 is 0 Å². The number of ether oxygens (including phenoxy) is 1. The highest BCUT2D eigenvalue weighted by molar-refractivity contribution is 4.91. The molecule has 0 heterocycles. The summed E-state index contributed by atoms with van der Waals surface area (Å²) in [5, 5.41) is 8.78. The fourth-order valence-electron chi connectivity index (χ4n) is 2.41. The number of allylic oxidation sites excluding steroid dienone is 1. The minimum atomic E-state index is -0.0326. The van der Waals surface area contributed by atoms with E-state index in [0.717, 1.165) is 12.8 Å². The Kier molecular flexibility index (Phi) is 4.63. The predicted octanol–water partition coefficient (Wildman–Crippen LogP) is 2.52. The maximum atomic E-state index is 8.78. The lowest BCUT2D eigenvalue weighted by Crippen LogP contribution is -2.41. The standard InChI is InChI=1S/C12H22O2/c1-3-6-11-7-4-5-8-12(11,2)14-10-9-13/h3,11,13H,1,4-10H2,2H3/t11-,12+/m1/s1. The number of hydrogen-bond donors (Lipinski definition) is 1. The molecule has 0 aromatic heterocycles. The SMILES string of the molecule is C=CC[C@@H]1CCCC[C@]1(C)OCCO. The van der Waals surface area contributed by atoms with Crippen molar-refractivity contribution in [3.8, 4) is 0 Å². The molecule has 1 saturated carbocycles. The van der Waals surface area contributed by atoms with Crippen LogP contribution in [0.1, 0.15) is 39.0 Å². The maximum absolute atomic E-state index is 8.78. The summed E-state index contributed by atoms with van der Waals surface area (Å²) in [6.45, 7) is 6.56. The molecule has 0 saturated heterocycles. The van der Waals surface area contributed by atoms with Gasteiger partial charge in [-0.3, -0.25) is 0 Å². The smallest absolute Gasteiger partial charge is 0.0705 e. The summed E-state index contributed by atoms with van der Waals surface area (Å²) in [4.78, 5) is 0. The Morgan fingerprint density at radius 2 is 2.36 bits per heavy atom. The van der Waals surface area contributed by atoms with E-state index < -0.39 is 0 Å². The van der Waals surface area contributed by atoms with E-state index in [0.29, 0.717) is 12.5 Å². The van der Waals surface area contributed by atoms with Gasteiger partial charge in [0.1, 0.15) is 0 Å². The van der Waals surface area contributed by atoms with Gasteiger partial charge in [-0.1, -0.05) is 18.9 Å². The van der Waals surface area contributed by atoms with Gasteiger partial charge in [-0.15, -0.1) is 6.58 Å². The molecule has 82 valence electrons. The Bertz CT molecular complexity index is 179. The molecule has 1 fully saturated rings. The van der Waals surface area contributed by atoms with Gasteiger partial charge in [0, 0.05) is 0 Å². The molecule has 0 aromatic carbocycles. The lowest BCUT2D eigenvalue weighted by Gasteiger charge is -2.41. The van der Waals surface area contributed by atoms with E-state index in [9.17, 15) is 0 Å². The summed E-state index contributed by atoms with van der Waals surface area (Å²) in [6, 6.07) is 0. The molecule has 0 unspecified atom stereocenters. The first-order valence-electron chi connectivity index (χ1n) is 5.58. The van der Waals surface area contributed by atoms with E-state index in [2.05, 4.69) is 13.5 Å². The molecule has 0 aliphatic heterocycles. The van der Waals surface area contributed by atoms with E-state index in [1.165, 1.54) is 19.3 Å². The fraction of sp³-hybridized carbons (Fsp3) is 0.833. The molecule has 1 aliphatic rings. The third-order valence-electron chi connectivity index (χ3n) is 3.31. The Morgan fingerprint density at radius 1 is 1.57 bits per heavy atom. The molecule has 0 aromatic rings. The normalized spacial score (nSPS) is 32.9. The van der Waals surface area contributed by atoms with Crippen molar-refractivity contribution in [2.75, 3.05) is 13.2 Å². The van der Waals surface area contributed by atoms with Crippen LogP contribution in [0.15, 0.2) is 12.7 Å². The molecule has 2 heteroatoms. The summed E-state index contributed by atoms with van der Waals surface area (Å²) in [7, 11) is 0. The highest BCUT2D eigenvalue weighted by Crippen LogP contribution is 2.38. The average molecular weight is 198 g/mol. The molecule has 0 radical (unpaired) electrons. The number of hydrogen-bond acceptors (Lipinski definition) is 2. The van der Waals surface area contributed by atoms with Crippen LogP contribution in [0.4, 0.5) is 0 Å². The first-order valence-corrected chi connectivity index (χ1v) is 5.58. The minimum absolute atomic E-state index is 0.0326. The molecule has 2 nitrogen and oxygen atoms in total. The third-order valence-corrected chi connectivity index (χ3v) is 3.31. The van der Waals surface area contributed by atoms with Gasteiger partial charge in [-0.2, -0.15) is 0 Å². The van der Waals surface area contributed by atoms with Crippen LogP contribution in [0, 0.1) is 5.92 Å². The zero-order valence-electron chi connectivity index (χ0n) is 9.17. The highest BCUT2D eigenvalue weighted by atomic mass is 16.5. The molecular weight excluding hydrogens is 176 g/mol. The van der Waals surface area contributed by atoms with E-state index in [1.54, 1.807) is 0 Å². The molecule has 2 atom stereocenters. The van der Waals surface area contributed by atoms with Gasteiger partial charge in [0.25, 0.3) is 0 Å². The number of aliphatic hydroxyl groups is 1. The Hall–Kier alpha value is -0.340. The van der Waals surface area contributed by atoms with Crippen LogP contribution in [0.3, 0.4) is 0 Å². The summed E-state index contributed by atoms with van der Waals surface area (Å²) >= 11 is 0. The van der Waals surface area contributed by atoms with Crippen LogP contribution in [-0.2, 0) is 4.74 Å². The highest BCUT2D eigenvalue weighted by Gasteiger charge is 2.36. The first kappa shape index (κ1) is 11.7. The van der Waals surface area contributed by atoms with Crippen LogP contribution in [0.5, 0.6) is 0 Å². The van der Waals surface area contributed by atoms with Gasteiger partial charge in [0.05, 0.1) is 18.8 Å². The molecule has 0 bridgehead atoms. The monoisotopic (exact) mass is 198 g/mol. The maximum Gasteiger partial charge on any atom is 0.0705 e. The van der Waals surface area contributed by atoms with Gasteiger partial charge < -0.3 is 9.84 Å². The predicted molar refractivity (Wildman–Crippen MR) is 58.2 cm³/mol. The summed E-state index contributed by atoms with van der Waals surface area (Å²) in [5.74, 6) is 0.584. The lowest BCUT2D eigenvalue weighted by molar-refractivity contribution is -0.103. The average Bonchev–Trinajstić information content (AvgIpc) is 2.19. The van der Waals surface area contributed by atoms with Crippen LogP contribution < -0.4 is 0 Å². The van der Waals surface area contributed by atoms with Crippen molar-refractivity contribution in [1.29, 1.82) is 0 Å². The molecule has 1 rings (SSSR count). The zero-order chi connectivity index (χ0) is 10.4. The Balaban J connectivity index is 2.53. The largest absolute Gasteiger partial charge is 0.394 e. The van der Waals surface area contributed by atoms with E-state index in [4.69, 9.17) is 9.84 Å². The van der Waals surface area contributed by atoms with Crippen LogP contribution in [0.25, 0.3) is 0 Å². The van der Waals surface area contributed by atoms with Crippen molar-refractivity contribution in [3.63, 3.8) is 0 Å². The molecule has 14 heavy (non-hydrogen) atoms. The van der Waals surface area contributed by atoms with Crippen molar-refractivity contribution in [2.45, 2.75) is 44.6 Å². The van der Waals surface area contributed by atoms with Crippen molar-refractivity contribution in [1.82, 2.24) is 0 Å². The number of aliphatic hydroxyl groups excluding tert-OH is 1. The van der Waals surface area contributed by atoms with Crippen molar-refractivity contribution in [3.05, 3.63) is 12.7 Å². The van der Waals surface area contributed by atoms with Crippen molar-refractivity contribution < 1.29 is 9.84 Å².